The zero-order valence-electron chi connectivity index (χ0n) is 9.26. The van der Waals surface area contributed by atoms with Crippen LogP contribution in [0.3, 0.4) is 0 Å². The smallest absolute Gasteiger partial charge is 0.339 e. The molecule has 1 aromatic heterocycles. The van der Waals surface area contributed by atoms with Gasteiger partial charge in [-0.1, -0.05) is 0 Å². The molecule has 0 saturated carbocycles. The molecule has 0 aromatic carbocycles. The van der Waals surface area contributed by atoms with E-state index in [1.165, 1.54) is 6.20 Å². The molecule has 0 aliphatic carbocycles. The van der Waals surface area contributed by atoms with Gasteiger partial charge in [-0.05, 0) is 6.07 Å². The molecular weight excluding hydrogens is 224 g/mol. The van der Waals surface area contributed by atoms with Crippen molar-refractivity contribution in [2.75, 3.05) is 31.7 Å². The fraction of sp³-hybridized carbons (Fsp3) is 0.455. The largest absolute Gasteiger partial charge is 0.478 e. The lowest BCUT2D eigenvalue weighted by Gasteiger charge is -2.23. The minimum atomic E-state index is -0.999. The van der Waals surface area contributed by atoms with Crippen molar-refractivity contribution in [1.82, 2.24) is 4.98 Å². The Balaban J connectivity index is 1.96. The number of carboxylic acid groups (broad SMARTS) is 1. The van der Waals surface area contributed by atoms with Gasteiger partial charge in [0.1, 0.15) is 5.56 Å². The third-order valence-corrected chi connectivity index (χ3v) is 2.46. The fourth-order valence-corrected chi connectivity index (χ4v) is 1.60. The maximum Gasteiger partial charge on any atom is 0.339 e. The molecule has 6 heteroatoms. The maximum absolute atomic E-state index is 10.9. The van der Waals surface area contributed by atoms with E-state index >= 15 is 0 Å². The minimum Gasteiger partial charge on any atom is -0.478 e. The van der Waals surface area contributed by atoms with Crippen molar-refractivity contribution in [3.05, 3.63) is 24.0 Å². The molecule has 1 fully saturated rings. The van der Waals surface area contributed by atoms with E-state index in [0.717, 1.165) is 0 Å². The van der Waals surface area contributed by atoms with Crippen molar-refractivity contribution in [1.29, 1.82) is 0 Å². The highest BCUT2D eigenvalue weighted by atomic mass is 16.6. The Morgan fingerprint density at radius 3 is 3.18 bits per heavy atom. The van der Waals surface area contributed by atoms with Crippen molar-refractivity contribution >= 4 is 11.7 Å². The van der Waals surface area contributed by atoms with Crippen molar-refractivity contribution in [2.45, 2.75) is 6.10 Å². The van der Waals surface area contributed by atoms with Gasteiger partial charge in [0.15, 0.2) is 0 Å². The minimum absolute atomic E-state index is 0.0430. The van der Waals surface area contributed by atoms with Gasteiger partial charge in [0.05, 0.1) is 31.6 Å². The first-order valence-electron chi connectivity index (χ1n) is 5.38. The quantitative estimate of drug-likeness (QED) is 0.799. The highest BCUT2D eigenvalue weighted by Gasteiger charge is 2.15. The summed E-state index contributed by atoms with van der Waals surface area (Å²) in [7, 11) is 0. The van der Waals surface area contributed by atoms with Gasteiger partial charge < -0.3 is 19.9 Å². The van der Waals surface area contributed by atoms with E-state index in [-0.39, 0.29) is 11.7 Å². The van der Waals surface area contributed by atoms with Crippen LogP contribution in [-0.4, -0.2) is 48.5 Å². The number of rotatable bonds is 4. The van der Waals surface area contributed by atoms with Gasteiger partial charge in [0.25, 0.3) is 0 Å². The molecular formula is C11H14N2O4. The number of hydrogen-bond acceptors (Lipinski definition) is 5. The first-order valence-corrected chi connectivity index (χ1v) is 5.38. The topological polar surface area (TPSA) is 80.7 Å². The number of aromatic carboxylic acids is 1. The average molecular weight is 238 g/mol. The molecule has 2 heterocycles. The van der Waals surface area contributed by atoms with Gasteiger partial charge in [-0.3, -0.25) is 4.98 Å². The molecule has 92 valence electrons. The van der Waals surface area contributed by atoms with E-state index < -0.39 is 5.97 Å². The van der Waals surface area contributed by atoms with Crippen molar-refractivity contribution in [3.8, 4) is 0 Å². The second-order valence-electron chi connectivity index (χ2n) is 3.68. The Hall–Kier alpha value is -1.66. The summed E-state index contributed by atoms with van der Waals surface area (Å²) in [5, 5.41) is 12.0. The molecule has 0 spiro atoms. The van der Waals surface area contributed by atoms with E-state index in [9.17, 15) is 4.79 Å². The molecule has 6 nitrogen and oxygen atoms in total. The Bertz CT molecular complexity index is 391. The van der Waals surface area contributed by atoms with E-state index in [0.29, 0.717) is 32.1 Å². The number of carboxylic acids is 1. The Labute approximate surface area is 98.6 Å². The molecule has 1 aliphatic rings. The van der Waals surface area contributed by atoms with Crippen LogP contribution in [0.4, 0.5) is 5.69 Å². The second-order valence-corrected chi connectivity index (χ2v) is 3.68. The SMILES string of the molecule is O=C(O)c1cnccc1NCC1COCCO1. The molecule has 0 amide bonds. The molecule has 1 aromatic rings. The standard InChI is InChI=1S/C11H14N2O4/c14-11(15)9-6-12-2-1-10(9)13-5-8-7-16-3-4-17-8/h1-2,6,8H,3-5,7H2,(H,12,13)(H,14,15). The third-order valence-electron chi connectivity index (χ3n) is 2.46. The molecule has 2 rings (SSSR count). The highest BCUT2D eigenvalue weighted by Crippen LogP contribution is 2.14. The third kappa shape index (κ3) is 3.15. The first kappa shape index (κ1) is 11.8. The number of ether oxygens (including phenoxy) is 2. The van der Waals surface area contributed by atoms with E-state index in [1.807, 2.05) is 0 Å². The predicted octanol–water partition coefficient (Wildman–Crippen LogP) is 0.607. The van der Waals surface area contributed by atoms with E-state index in [2.05, 4.69) is 10.3 Å². The van der Waals surface area contributed by atoms with E-state index in [1.54, 1.807) is 12.3 Å². The van der Waals surface area contributed by atoms with Gasteiger partial charge in [0.2, 0.25) is 0 Å². The van der Waals surface area contributed by atoms with Gasteiger partial charge in [-0.25, -0.2) is 4.79 Å². The normalized spacial score (nSPS) is 19.9. The summed E-state index contributed by atoms with van der Waals surface area (Å²) in [6.07, 6.45) is 2.83. The number of hydrogen-bond donors (Lipinski definition) is 2. The number of aromatic nitrogens is 1. The average Bonchev–Trinajstić information content (AvgIpc) is 2.38. The number of anilines is 1. The lowest BCUT2D eigenvalue weighted by molar-refractivity contribution is -0.0818. The van der Waals surface area contributed by atoms with Gasteiger partial charge >= 0.3 is 5.97 Å². The van der Waals surface area contributed by atoms with Crippen molar-refractivity contribution < 1.29 is 19.4 Å². The lowest BCUT2D eigenvalue weighted by atomic mass is 10.2. The van der Waals surface area contributed by atoms with Gasteiger partial charge in [0, 0.05) is 18.9 Å². The molecule has 1 saturated heterocycles. The van der Waals surface area contributed by atoms with Crippen LogP contribution in [0, 0.1) is 0 Å². The highest BCUT2D eigenvalue weighted by molar-refractivity contribution is 5.93. The molecule has 2 N–H and O–H groups in total. The maximum atomic E-state index is 10.9. The number of nitrogens with one attached hydrogen (secondary N) is 1. The van der Waals surface area contributed by atoms with Crippen LogP contribution >= 0.6 is 0 Å². The Morgan fingerprint density at radius 1 is 1.59 bits per heavy atom. The van der Waals surface area contributed by atoms with Crippen LogP contribution in [0.1, 0.15) is 10.4 Å². The number of pyridine rings is 1. The summed E-state index contributed by atoms with van der Waals surface area (Å²) >= 11 is 0. The summed E-state index contributed by atoms with van der Waals surface area (Å²) in [4.78, 5) is 14.7. The Kier molecular flexibility index (Phi) is 3.89. The summed E-state index contributed by atoms with van der Waals surface area (Å²) in [6.45, 7) is 2.24. The van der Waals surface area contributed by atoms with Crippen molar-refractivity contribution in [3.63, 3.8) is 0 Å². The van der Waals surface area contributed by atoms with Crippen LogP contribution in [0.2, 0.25) is 0 Å². The molecule has 1 unspecified atom stereocenters. The van der Waals surface area contributed by atoms with Gasteiger partial charge in [-0.15, -0.1) is 0 Å². The lowest BCUT2D eigenvalue weighted by Crippen LogP contribution is -2.34. The van der Waals surface area contributed by atoms with Crippen LogP contribution in [0.15, 0.2) is 18.5 Å². The second kappa shape index (κ2) is 5.60. The van der Waals surface area contributed by atoms with Gasteiger partial charge in [-0.2, -0.15) is 0 Å². The monoisotopic (exact) mass is 238 g/mol. The summed E-state index contributed by atoms with van der Waals surface area (Å²) in [5.74, 6) is -0.999. The molecule has 1 aliphatic heterocycles. The summed E-state index contributed by atoms with van der Waals surface area (Å²) in [6, 6.07) is 1.63. The van der Waals surface area contributed by atoms with Crippen LogP contribution < -0.4 is 5.32 Å². The predicted molar refractivity (Wildman–Crippen MR) is 60.2 cm³/mol. The first-order chi connectivity index (χ1) is 8.27. The van der Waals surface area contributed by atoms with Crippen molar-refractivity contribution in [2.24, 2.45) is 0 Å². The Morgan fingerprint density at radius 2 is 2.47 bits per heavy atom. The summed E-state index contributed by atoms with van der Waals surface area (Å²) in [5.41, 5.74) is 0.700. The van der Waals surface area contributed by atoms with Crippen LogP contribution in [0.25, 0.3) is 0 Å². The zero-order valence-corrected chi connectivity index (χ0v) is 9.26. The van der Waals surface area contributed by atoms with E-state index in [4.69, 9.17) is 14.6 Å². The summed E-state index contributed by atoms with van der Waals surface area (Å²) < 4.78 is 10.7. The fourth-order valence-electron chi connectivity index (χ4n) is 1.60. The molecule has 0 bridgehead atoms. The number of nitrogens with zero attached hydrogens (tertiary/aromatic N) is 1. The van der Waals surface area contributed by atoms with Crippen LogP contribution in [-0.2, 0) is 9.47 Å². The molecule has 1 atom stereocenters. The van der Waals surface area contributed by atoms with Crippen LogP contribution in [0.5, 0.6) is 0 Å². The molecule has 0 radical (unpaired) electrons. The molecule has 17 heavy (non-hydrogen) atoms. The zero-order chi connectivity index (χ0) is 12.1. The number of carbonyl (C=O) groups is 1.